The smallest absolute Gasteiger partial charge is 0.253 e. The summed E-state index contributed by atoms with van der Waals surface area (Å²) in [5.74, 6) is 1.37. The molecule has 0 saturated carbocycles. The third kappa shape index (κ3) is 3.10. The first-order chi connectivity index (χ1) is 11.8. The molecule has 0 spiro atoms. The molecule has 0 unspecified atom stereocenters. The minimum absolute atomic E-state index is 0. The molecule has 1 radical (unpaired) electrons. The van der Waals surface area contributed by atoms with Crippen LogP contribution in [-0.4, -0.2) is 35.4 Å². The van der Waals surface area contributed by atoms with Gasteiger partial charge in [0.2, 0.25) is 5.96 Å². The van der Waals surface area contributed by atoms with Crippen LogP contribution in [0.5, 0.6) is 0 Å². The van der Waals surface area contributed by atoms with Gasteiger partial charge in [0.25, 0.3) is 5.96 Å². The molecule has 0 atom stereocenters. The van der Waals surface area contributed by atoms with Crippen LogP contribution in [0.2, 0.25) is 0 Å². The van der Waals surface area contributed by atoms with E-state index in [1.165, 1.54) is 0 Å². The van der Waals surface area contributed by atoms with Crippen LogP contribution in [0.15, 0.2) is 89.6 Å². The fraction of sp³-hybridized carbons (Fsp3) is 0. The number of allylic oxidation sites excluding steroid dienone is 7. The van der Waals surface area contributed by atoms with Crippen LogP contribution < -0.4 is 10.9 Å². The predicted octanol–water partition coefficient (Wildman–Crippen LogP) is 0.973. The van der Waals surface area contributed by atoms with Crippen molar-refractivity contribution in [2.75, 3.05) is 0 Å². The van der Waals surface area contributed by atoms with E-state index in [0.717, 1.165) is 22.8 Å². The summed E-state index contributed by atoms with van der Waals surface area (Å²) in [5, 5.41) is 0. The summed E-state index contributed by atoms with van der Waals surface area (Å²) in [4.78, 5) is 26.2. The summed E-state index contributed by atoms with van der Waals surface area (Å²) in [7, 11) is 0. The number of guanidine groups is 2. The summed E-state index contributed by atoms with van der Waals surface area (Å²) in [6.07, 6.45) is 15.0. The molecule has 5 rings (SSSR count). The number of rotatable bonds is 0. The van der Waals surface area contributed by atoms with Crippen molar-refractivity contribution >= 4 is 35.4 Å². The van der Waals surface area contributed by atoms with E-state index in [1.807, 2.05) is 42.5 Å². The van der Waals surface area contributed by atoms with Gasteiger partial charge in [-0.05, 0) is 36.5 Å². The molecule has 8 bridgehead atoms. The average Bonchev–Trinajstić information content (AvgIpc) is 3.32. The van der Waals surface area contributed by atoms with Gasteiger partial charge in [0.1, 0.15) is 0 Å². The van der Waals surface area contributed by atoms with Gasteiger partial charge >= 0.3 is 0 Å². The molecule has 5 heterocycles. The maximum absolute atomic E-state index is 4.53. The van der Waals surface area contributed by atoms with Gasteiger partial charge < -0.3 is 0 Å². The third-order valence-corrected chi connectivity index (χ3v) is 3.52. The maximum Gasteiger partial charge on any atom is 0.253 e. The first-order valence-electron chi connectivity index (χ1n) is 7.31. The topological polar surface area (TPSA) is 98.2 Å². The van der Waals surface area contributed by atoms with E-state index in [2.05, 4.69) is 40.8 Å². The van der Waals surface area contributed by atoms with Crippen LogP contribution in [-0.2, 0) is 17.1 Å². The average molecular weight is 378 g/mol. The van der Waals surface area contributed by atoms with Gasteiger partial charge in [0.05, 0.1) is 34.7 Å². The number of nitrogens with one attached hydrogen (secondary N) is 2. The summed E-state index contributed by atoms with van der Waals surface area (Å²) < 4.78 is 0. The third-order valence-electron chi connectivity index (χ3n) is 3.52. The fourth-order valence-electron chi connectivity index (χ4n) is 2.48. The number of fused-ring (bicyclic) bond motifs is 4. The molecule has 5 aliphatic heterocycles. The van der Waals surface area contributed by atoms with Crippen molar-refractivity contribution in [3.05, 3.63) is 59.6 Å². The summed E-state index contributed by atoms with van der Waals surface area (Å²) in [6.45, 7) is 0. The standard InChI is InChI=1S/C16H10N8.Cu/c1-2-11-6-13-8-17-15(20-13)22-16-21-14(23-24-16)7-12-4-3-10(19-12)5-9(1)18-11;/h1-8H,(H2,17,20,21,22,23,24);. The number of hydrazine groups is 1. The van der Waals surface area contributed by atoms with Crippen molar-refractivity contribution in [1.82, 2.24) is 10.9 Å². The molecule has 8 nitrogen and oxygen atoms in total. The van der Waals surface area contributed by atoms with E-state index in [9.17, 15) is 0 Å². The Labute approximate surface area is 153 Å². The first-order valence-corrected chi connectivity index (χ1v) is 7.31. The number of aliphatic imine (C=N–C) groups is 6. The molecule has 0 aromatic heterocycles. The molecule has 5 aliphatic rings. The number of hydrogen-bond acceptors (Lipinski definition) is 8. The zero-order valence-corrected chi connectivity index (χ0v) is 13.5. The van der Waals surface area contributed by atoms with Crippen molar-refractivity contribution in [3.8, 4) is 0 Å². The van der Waals surface area contributed by atoms with Crippen LogP contribution in [0.3, 0.4) is 0 Å². The Bertz CT molecular complexity index is 995. The minimum Gasteiger partial charge on any atom is -0.282 e. The van der Waals surface area contributed by atoms with Crippen molar-refractivity contribution in [2.45, 2.75) is 0 Å². The Balaban J connectivity index is 0.00000157. The van der Waals surface area contributed by atoms with Gasteiger partial charge in [-0.3, -0.25) is 10.9 Å². The zero-order valence-electron chi connectivity index (χ0n) is 12.6. The van der Waals surface area contributed by atoms with Crippen molar-refractivity contribution in [3.63, 3.8) is 0 Å². The Morgan fingerprint density at radius 1 is 0.640 bits per heavy atom. The van der Waals surface area contributed by atoms with E-state index < -0.39 is 0 Å². The Morgan fingerprint density at radius 3 is 2.16 bits per heavy atom. The van der Waals surface area contributed by atoms with Gasteiger partial charge in [-0.25, -0.2) is 20.0 Å². The molecular weight excluding hydrogens is 368 g/mol. The van der Waals surface area contributed by atoms with Crippen molar-refractivity contribution < 1.29 is 17.1 Å². The van der Waals surface area contributed by atoms with E-state index in [1.54, 1.807) is 6.21 Å². The van der Waals surface area contributed by atoms with Crippen LogP contribution in [0.4, 0.5) is 0 Å². The van der Waals surface area contributed by atoms with Crippen LogP contribution in [0, 0.1) is 0 Å². The van der Waals surface area contributed by atoms with E-state index in [0.29, 0.717) is 23.5 Å². The molecule has 9 heteroatoms. The first kappa shape index (κ1) is 15.4. The second-order valence-electron chi connectivity index (χ2n) is 5.30. The molecule has 0 saturated heterocycles. The van der Waals surface area contributed by atoms with Gasteiger partial charge in [0.15, 0.2) is 5.84 Å². The van der Waals surface area contributed by atoms with E-state index in [4.69, 9.17) is 0 Å². The Morgan fingerprint density at radius 2 is 1.36 bits per heavy atom. The molecule has 0 aromatic carbocycles. The molecule has 2 N–H and O–H groups in total. The maximum atomic E-state index is 4.53. The Kier molecular flexibility index (Phi) is 3.72. The van der Waals surface area contributed by atoms with Crippen molar-refractivity contribution in [2.24, 2.45) is 30.0 Å². The summed E-state index contributed by atoms with van der Waals surface area (Å²) >= 11 is 0. The summed E-state index contributed by atoms with van der Waals surface area (Å²) in [6, 6.07) is 0. The monoisotopic (exact) mass is 377 g/mol. The second-order valence-corrected chi connectivity index (χ2v) is 5.30. The number of nitrogens with zero attached hydrogens (tertiary/aromatic N) is 6. The van der Waals surface area contributed by atoms with E-state index >= 15 is 0 Å². The molecule has 0 fully saturated rings. The normalized spacial score (nSPS) is 21.8. The van der Waals surface area contributed by atoms with Crippen LogP contribution >= 0.6 is 0 Å². The number of hydrogen-bond donors (Lipinski definition) is 2. The minimum atomic E-state index is 0. The quantitative estimate of drug-likeness (QED) is 0.615. The van der Waals surface area contributed by atoms with Gasteiger partial charge in [-0.1, -0.05) is 0 Å². The van der Waals surface area contributed by atoms with Gasteiger partial charge in [-0.2, -0.15) is 9.98 Å². The molecular formula is C16H10CuN8. The number of amidine groups is 1. The Hall–Kier alpha value is -3.16. The zero-order chi connectivity index (χ0) is 15.9. The predicted molar refractivity (Wildman–Crippen MR) is 94.5 cm³/mol. The van der Waals surface area contributed by atoms with E-state index in [-0.39, 0.29) is 17.1 Å². The second kappa shape index (κ2) is 6.04. The van der Waals surface area contributed by atoms with Crippen LogP contribution in [0.25, 0.3) is 0 Å². The molecule has 0 aromatic rings. The SMILES string of the molecule is C1=CC2=NC1=CC1=NC(=NC3=NC(=CC4=NC(=C2)C=C4)C=N3)NN1.[Cu]. The molecule has 0 aliphatic carbocycles. The largest absolute Gasteiger partial charge is 0.282 e. The van der Waals surface area contributed by atoms with Gasteiger partial charge in [0, 0.05) is 23.1 Å². The van der Waals surface area contributed by atoms with Gasteiger partial charge in [-0.15, -0.1) is 0 Å². The van der Waals surface area contributed by atoms with Crippen molar-refractivity contribution in [1.29, 1.82) is 0 Å². The molecule has 25 heavy (non-hydrogen) atoms. The molecule has 125 valence electrons. The summed E-state index contributed by atoms with van der Waals surface area (Å²) in [5.41, 5.74) is 9.81. The molecule has 0 amide bonds. The fourth-order valence-corrected chi connectivity index (χ4v) is 2.48. The van der Waals surface area contributed by atoms with Crippen LogP contribution in [0.1, 0.15) is 0 Å².